The molecule has 0 heterocycles. The number of nitrogens with two attached hydrogens (primary N) is 1. The van der Waals surface area contributed by atoms with Crippen molar-refractivity contribution in [3.05, 3.63) is 0 Å². The molecule has 0 saturated heterocycles. The van der Waals surface area contributed by atoms with Crippen LogP contribution in [0.25, 0.3) is 0 Å². The maximum Gasteiger partial charge on any atom is 0.0583 e. The summed E-state index contributed by atoms with van der Waals surface area (Å²) in [6.45, 7) is 3.04. The summed E-state index contributed by atoms with van der Waals surface area (Å²) in [5, 5.41) is 8.73. The van der Waals surface area contributed by atoms with Crippen molar-refractivity contribution >= 4 is 0 Å². The summed E-state index contributed by atoms with van der Waals surface area (Å²) in [6.07, 6.45) is 6.21. The fourth-order valence-corrected chi connectivity index (χ4v) is 2.01. The molecular formula is C11H23NO2. The molecule has 0 amide bonds. The van der Waals surface area contributed by atoms with Crippen LogP contribution in [0.15, 0.2) is 0 Å². The molecule has 14 heavy (non-hydrogen) atoms. The lowest BCUT2D eigenvalue weighted by Crippen LogP contribution is -2.28. The van der Waals surface area contributed by atoms with Crippen LogP contribution in [0, 0.1) is 5.92 Å². The van der Waals surface area contributed by atoms with E-state index in [0.29, 0.717) is 12.7 Å². The van der Waals surface area contributed by atoms with Crippen molar-refractivity contribution in [3.8, 4) is 0 Å². The van der Waals surface area contributed by atoms with Crippen molar-refractivity contribution in [1.29, 1.82) is 0 Å². The van der Waals surface area contributed by atoms with Gasteiger partial charge < -0.3 is 15.6 Å². The van der Waals surface area contributed by atoms with E-state index in [0.717, 1.165) is 12.3 Å². The molecule has 1 aliphatic carbocycles. The van der Waals surface area contributed by atoms with Gasteiger partial charge in [0, 0.05) is 12.6 Å². The molecule has 3 atom stereocenters. The fraction of sp³-hybridized carbons (Fsp3) is 1.00. The molecule has 1 rings (SSSR count). The van der Waals surface area contributed by atoms with Crippen molar-refractivity contribution < 1.29 is 9.84 Å². The molecule has 0 spiro atoms. The van der Waals surface area contributed by atoms with E-state index >= 15 is 0 Å². The third kappa shape index (κ3) is 4.40. The topological polar surface area (TPSA) is 55.5 Å². The highest BCUT2D eigenvalue weighted by atomic mass is 16.5. The maximum absolute atomic E-state index is 8.73. The fourth-order valence-electron chi connectivity index (χ4n) is 2.01. The number of hydrogen-bond donors (Lipinski definition) is 2. The maximum atomic E-state index is 8.73. The van der Waals surface area contributed by atoms with Crippen LogP contribution >= 0.6 is 0 Å². The Morgan fingerprint density at radius 3 is 2.93 bits per heavy atom. The molecule has 1 fully saturated rings. The van der Waals surface area contributed by atoms with E-state index in [-0.39, 0.29) is 12.6 Å². The summed E-state index contributed by atoms with van der Waals surface area (Å²) in [7, 11) is 0. The molecule has 1 saturated carbocycles. The van der Waals surface area contributed by atoms with Gasteiger partial charge in [-0.3, -0.25) is 0 Å². The Balaban J connectivity index is 2.05. The first-order chi connectivity index (χ1) is 6.72. The van der Waals surface area contributed by atoms with E-state index in [1.54, 1.807) is 0 Å². The monoisotopic (exact) mass is 201 g/mol. The molecule has 3 unspecified atom stereocenters. The van der Waals surface area contributed by atoms with Gasteiger partial charge in [0.2, 0.25) is 0 Å². The van der Waals surface area contributed by atoms with Gasteiger partial charge in [-0.2, -0.15) is 0 Å². The van der Waals surface area contributed by atoms with E-state index in [1.807, 2.05) is 0 Å². The zero-order valence-corrected chi connectivity index (χ0v) is 9.11. The van der Waals surface area contributed by atoms with Crippen molar-refractivity contribution in [3.63, 3.8) is 0 Å². The van der Waals surface area contributed by atoms with Crippen LogP contribution in [-0.2, 0) is 4.74 Å². The van der Waals surface area contributed by atoms with Gasteiger partial charge in [0.1, 0.15) is 0 Å². The van der Waals surface area contributed by atoms with Gasteiger partial charge in [0.05, 0.1) is 12.7 Å². The highest BCUT2D eigenvalue weighted by Gasteiger charge is 2.19. The zero-order valence-electron chi connectivity index (χ0n) is 9.11. The number of hydrogen-bond acceptors (Lipinski definition) is 3. The van der Waals surface area contributed by atoms with Gasteiger partial charge in [-0.15, -0.1) is 0 Å². The summed E-state index contributed by atoms with van der Waals surface area (Å²) in [5.41, 5.74) is 5.59. The first kappa shape index (κ1) is 12.0. The summed E-state index contributed by atoms with van der Waals surface area (Å²) in [4.78, 5) is 0. The Morgan fingerprint density at radius 1 is 1.50 bits per heavy atom. The highest BCUT2D eigenvalue weighted by Crippen LogP contribution is 2.25. The Morgan fingerprint density at radius 2 is 2.29 bits per heavy atom. The Labute approximate surface area is 86.6 Å². The molecular weight excluding hydrogens is 178 g/mol. The van der Waals surface area contributed by atoms with Gasteiger partial charge in [0.25, 0.3) is 0 Å². The number of aliphatic hydroxyl groups excluding tert-OH is 1. The second-order valence-corrected chi connectivity index (χ2v) is 4.50. The molecule has 3 nitrogen and oxygen atoms in total. The van der Waals surface area contributed by atoms with Gasteiger partial charge in [0.15, 0.2) is 0 Å². The van der Waals surface area contributed by atoms with Crippen LogP contribution in [0.4, 0.5) is 0 Å². The van der Waals surface area contributed by atoms with Crippen LogP contribution in [0.5, 0.6) is 0 Å². The number of ether oxygens (including phenoxy) is 1. The summed E-state index contributed by atoms with van der Waals surface area (Å²) in [5.74, 6) is 0.806. The molecule has 0 aromatic rings. The van der Waals surface area contributed by atoms with Gasteiger partial charge >= 0.3 is 0 Å². The molecule has 0 aliphatic heterocycles. The second kappa shape index (κ2) is 6.38. The molecule has 3 heteroatoms. The smallest absolute Gasteiger partial charge is 0.0583 e. The van der Waals surface area contributed by atoms with Crippen LogP contribution in [-0.4, -0.2) is 30.5 Å². The van der Waals surface area contributed by atoms with Crippen LogP contribution < -0.4 is 5.73 Å². The third-order valence-corrected chi connectivity index (χ3v) is 2.96. The quantitative estimate of drug-likeness (QED) is 0.704. The molecule has 3 N–H and O–H groups in total. The van der Waals surface area contributed by atoms with Crippen LogP contribution in [0.3, 0.4) is 0 Å². The minimum Gasteiger partial charge on any atom is -0.395 e. The van der Waals surface area contributed by atoms with E-state index in [1.165, 1.54) is 25.7 Å². The lowest BCUT2D eigenvalue weighted by molar-refractivity contribution is 0.0106. The summed E-state index contributed by atoms with van der Waals surface area (Å²) < 4.78 is 5.73. The zero-order chi connectivity index (χ0) is 10.4. The number of rotatable bonds is 5. The van der Waals surface area contributed by atoms with E-state index < -0.39 is 0 Å². The minimum atomic E-state index is -0.115. The highest BCUT2D eigenvalue weighted by molar-refractivity contribution is 4.70. The average molecular weight is 201 g/mol. The van der Waals surface area contributed by atoms with Crippen molar-refractivity contribution in [1.82, 2.24) is 0 Å². The van der Waals surface area contributed by atoms with Crippen molar-refractivity contribution in [2.24, 2.45) is 11.7 Å². The first-order valence-corrected chi connectivity index (χ1v) is 5.70. The number of aliphatic hydroxyl groups is 1. The minimum absolute atomic E-state index is 0.0599. The molecule has 0 aromatic heterocycles. The first-order valence-electron chi connectivity index (χ1n) is 5.70. The largest absolute Gasteiger partial charge is 0.395 e. The van der Waals surface area contributed by atoms with Gasteiger partial charge in [-0.05, 0) is 25.2 Å². The molecule has 0 aromatic carbocycles. The Kier molecular flexibility index (Phi) is 5.45. The van der Waals surface area contributed by atoms with Crippen molar-refractivity contribution in [2.75, 3.05) is 13.2 Å². The average Bonchev–Trinajstić information content (AvgIpc) is 2.17. The molecule has 84 valence electrons. The van der Waals surface area contributed by atoms with Gasteiger partial charge in [-0.1, -0.05) is 19.8 Å². The van der Waals surface area contributed by atoms with Crippen molar-refractivity contribution in [2.45, 2.75) is 51.2 Å². The van der Waals surface area contributed by atoms with Crippen LogP contribution in [0.1, 0.15) is 39.0 Å². The standard InChI is InChI=1S/C11H23NO2/c1-9-3-2-4-11(7-9)14-6-5-10(12)8-13/h9-11,13H,2-8,12H2,1H3. The molecule has 0 bridgehead atoms. The molecule has 1 aliphatic rings. The summed E-state index contributed by atoms with van der Waals surface area (Å²) in [6, 6.07) is -0.115. The Bertz CT molecular complexity index is 152. The van der Waals surface area contributed by atoms with E-state index in [2.05, 4.69) is 6.92 Å². The lowest BCUT2D eigenvalue weighted by atomic mass is 9.89. The summed E-state index contributed by atoms with van der Waals surface area (Å²) >= 11 is 0. The second-order valence-electron chi connectivity index (χ2n) is 4.50. The predicted octanol–water partition coefficient (Wildman–Crippen LogP) is 1.29. The predicted molar refractivity (Wildman–Crippen MR) is 57.1 cm³/mol. The lowest BCUT2D eigenvalue weighted by Gasteiger charge is -2.27. The van der Waals surface area contributed by atoms with E-state index in [9.17, 15) is 0 Å². The van der Waals surface area contributed by atoms with E-state index in [4.69, 9.17) is 15.6 Å². The third-order valence-electron chi connectivity index (χ3n) is 2.96. The SMILES string of the molecule is CC1CCCC(OCCC(N)CO)C1. The van der Waals surface area contributed by atoms with Gasteiger partial charge in [-0.25, -0.2) is 0 Å². The normalized spacial score (nSPS) is 30.2. The van der Waals surface area contributed by atoms with Crippen LogP contribution in [0.2, 0.25) is 0 Å². The Hall–Kier alpha value is -0.120. The molecule has 0 radical (unpaired) electrons.